The summed E-state index contributed by atoms with van der Waals surface area (Å²) in [6, 6.07) is 17.2. The van der Waals surface area contributed by atoms with Gasteiger partial charge in [-0.25, -0.2) is 0 Å². The number of hydrogen-bond acceptors (Lipinski definition) is 4. The van der Waals surface area contributed by atoms with Gasteiger partial charge < -0.3 is 9.84 Å². The minimum Gasteiger partial charge on any atom is -0.356 e. The van der Waals surface area contributed by atoms with Crippen LogP contribution in [0.25, 0.3) is 11.4 Å². The van der Waals surface area contributed by atoms with Crippen molar-refractivity contribution in [3.8, 4) is 11.4 Å². The zero-order chi connectivity index (χ0) is 17.5. The first-order chi connectivity index (χ1) is 12.2. The summed E-state index contributed by atoms with van der Waals surface area (Å²) in [6.45, 7) is 0.614. The van der Waals surface area contributed by atoms with Gasteiger partial charge in [0.25, 0.3) is 0 Å². The number of carbonyl (C=O) groups is 1. The number of benzene rings is 2. The maximum Gasteiger partial charge on any atom is 0.227 e. The lowest BCUT2D eigenvalue weighted by atomic mass is 10.1. The minimum atomic E-state index is -0.0258. The molecule has 3 rings (SSSR count). The van der Waals surface area contributed by atoms with Crippen LogP contribution in [0.15, 0.2) is 59.1 Å². The highest BCUT2D eigenvalue weighted by Gasteiger charge is 2.10. The van der Waals surface area contributed by atoms with Crippen molar-refractivity contribution in [1.29, 1.82) is 0 Å². The third-order valence-electron chi connectivity index (χ3n) is 3.72. The largest absolute Gasteiger partial charge is 0.356 e. The van der Waals surface area contributed by atoms with Gasteiger partial charge in [-0.05, 0) is 36.2 Å². The third-order valence-corrected chi connectivity index (χ3v) is 3.97. The number of aryl methyl sites for hydroxylation is 1. The van der Waals surface area contributed by atoms with Crippen LogP contribution in [0.2, 0.25) is 5.02 Å². The lowest BCUT2D eigenvalue weighted by molar-refractivity contribution is -0.121. The van der Waals surface area contributed by atoms with E-state index in [0.717, 1.165) is 12.0 Å². The molecular formula is C19H18ClN3O2. The van der Waals surface area contributed by atoms with Crippen LogP contribution in [0.4, 0.5) is 0 Å². The predicted molar refractivity (Wildman–Crippen MR) is 96.2 cm³/mol. The van der Waals surface area contributed by atoms with Gasteiger partial charge in [-0.15, -0.1) is 0 Å². The normalized spacial score (nSPS) is 10.6. The van der Waals surface area contributed by atoms with Crippen LogP contribution in [-0.2, 0) is 17.6 Å². The first kappa shape index (κ1) is 17.2. The van der Waals surface area contributed by atoms with Crippen LogP contribution in [0.3, 0.4) is 0 Å². The number of hydrogen-bond donors (Lipinski definition) is 1. The van der Waals surface area contributed by atoms with Crippen molar-refractivity contribution in [3.05, 3.63) is 71.1 Å². The molecule has 25 heavy (non-hydrogen) atoms. The Hall–Kier alpha value is -2.66. The molecular weight excluding hydrogens is 338 g/mol. The molecule has 5 nitrogen and oxygen atoms in total. The molecule has 0 atom stereocenters. The molecule has 0 aliphatic rings. The van der Waals surface area contributed by atoms with Crippen molar-refractivity contribution < 1.29 is 9.32 Å². The molecule has 1 heterocycles. The second-order valence-corrected chi connectivity index (χ2v) is 6.04. The SMILES string of the molecule is O=C(CCc1nc(-c2ccc(Cl)cc2)no1)NCCc1ccccc1. The lowest BCUT2D eigenvalue weighted by Crippen LogP contribution is -2.25. The number of halogens is 1. The predicted octanol–water partition coefficient (Wildman–Crippen LogP) is 3.68. The quantitative estimate of drug-likeness (QED) is 0.702. The van der Waals surface area contributed by atoms with E-state index >= 15 is 0 Å². The van der Waals surface area contributed by atoms with E-state index in [2.05, 4.69) is 15.5 Å². The molecule has 0 aliphatic heterocycles. The van der Waals surface area contributed by atoms with Crippen molar-refractivity contribution in [1.82, 2.24) is 15.5 Å². The number of rotatable bonds is 7. The molecule has 128 valence electrons. The molecule has 0 fully saturated rings. The molecule has 0 spiro atoms. The summed E-state index contributed by atoms with van der Waals surface area (Å²) in [4.78, 5) is 16.2. The zero-order valence-corrected chi connectivity index (χ0v) is 14.4. The average molecular weight is 356 g/mol. The van der Waals surface area contributed by atoms with Crippen LogP contribution < -0.4 is 5.32 Å². The van der Waals surface area contributed by atoms with Gasteiger partial charge >= 0.3 is 0 Å². The van der Waals surface area contributed by atoms with Gasteiger partial charge in [0, 0.05) is 30.0 Å². The smallest absolute Gasteiger partial charge is 0.227 e. The Balaban J connectivity index is 1.44. The van der Waals surface area contributed by atoms with Gasteiger partial charge in [0.1, 0.15) is 0 Å². The summed E-state index contributed by atoms with van der Waals surface area (Å²) in [5.74, 6) is 0.918. The van der Waals surface area contributed by atoms with E-state index in [-0.39, 0.29) is 5.91 Å². The van der Waals surface area contributed by atoms with Crippen LogP contribution in [0.1, 0.15) is 17.9 Å². The highest BCUT2D eigenvalue weighted by atomic mass is 35.5. The van der Waals surface area contributed by atoms with Gasteiger partial charge in [-0.1, -0.05) is 47.1 Å². The molecule has 6 heteroatoms. The third kappa shape index (κ3) is 5.16. The van der Waals surface area contributed by atoms with E-state index in [4.69, 9.17) is 16.1 Å². The summed E-state index contributed by atoms with van der Waals surface area (Å²) in [6.07, 6.45) is 1.54. The Bertz CT molecular complexity index is 816. The fourth-order valence-electron chi connectivity index (χ4n) is 2.37. The highest BCUT2D eigenvalue weighted by Crippen LogP contribution is 2.18. The number of nitrogens with one attached hydrogen (secondary N) is 1. The molecule has 3 aromatic rings. The molecule has 1 N–H and O–H groups in total. The average Bonchev–Trinajstić information content (AvgIpc) is 3.10. The molecule has 2 aromatic carbocycles. The molecule has 1 aromatic heterocycles. The van der Waals surface area contributed by atoms with Gasteiger partial charge in [0.15, 0.2) is 0 Å². The second-order valence-electron chi connectivity index (χ2n) is 5.60. The van der Waals surface area contributed by atoms with Crippen molar-refractivity contribution in [2.24, 2.45) is 0 Å². The van der Waals surface area contributed by atoms with Crippen molar-refractivity contribution in [2.45, 2.75) is 19.3 Å². The van der Waals surface area contributed by atoms with Crippen molar-refractivity contribution in [2.75, 3.05) is 6.54 Å². The van der Waals surface area contributed by atoms with E-state index in [1.807, 2.05) is 42.5 Å². The maximum atomic E-state index is 11.9. The second kappa shape index (κ2) is 8.44. The number of aromatic nitrogens is 2. The van der Waals surface area contributed by atoms with Crippen molar-refractivity contribution >= 4 is 17.5 Å². The fourth-order valence-corrected chi connectivity index (χ4v) is 2.50. The van der Waals surface area contributed by atoms with Crippen LogP contribution in [-0.4, -0.2) is 22.6 Å². The Kier molecular flexibility index (Phi) is 5.80. The molecule has 0 unspecified atom stereocenters. The van der Waals surface area contributed by atoms with Gasteiger partial charge in [-0.3, -0.25) is 4.79 Å². The van der Waals surface area contributed by atoms with Crippen LogP contribution >= 0.6 is 11.6 Å². The summed E-state index contributed by atoms with van der Waals surface area (Å²) in [7, 11) is 0. The van der Waals surface area contributed by atoms with Crippen molar-refractivity contribution in [3.63, 3.8) is 0 Å². The molecule has 0 aliphatic carbocycles. The number of carbonyl (C=O) groups excluding carboxylic acids is 1. The van der Waals surface area contributed by atoms with E-state index in [9.17, 15) is 4.79 Å². The monoisotopic (exact) mass is 355 g/mol. The van der Waals surface area contributed by atoms with E-state index < -0.39 is 0 Å². The van der Waals surface area contributed by atoms with Gasteiger partial charge in [0.05, 0.1) is 0 Å². The standard InChI is InChI=1S/C19H18ClN3O2/c20-16-8-6-15(7-9-16)19-22-18(25-23-19)11-10-17(24)21-13-12-14-4-2-1-3-5-14/h1-9H,10-13H2,(H,21,24). The molecule has 0 saturated carbocycles. The number of amides is 1. The van der Waals surface area contributed by atoms with E-state index in [1.165, 1.54) is 5.56 Å². The Labute approximate surface area is 151 Å². The molecule has 0 radical (unpaired) electrons. The summed E-state index contributed by atoms with van der Waals surface area (Å²) in [5, 5.41) is 7.49. The first-order valence-electron chi connectivity index (χ1n) is 8.10. The Morgan fingerprint density at radius 2 is 1.80 bits per heavy atom. The molecule has 0 bridgehead atoms. The minimum absolute atomic E-state index is 0.0258. The Morgan fingerprint density at radius 3 is 2.56 bits per heavy atom. The van der Waals surface area contributed by atoms with E-state index in [1.54, 1.807) is 12.1 Å². The highest BCUT2D eigenvalue weighted by molar-refractivity contribution is 6.30. The van der Waals surface area contributed by atoms with Crippen LogP contribution in [0, 0.1) is 0 Å². The zero-order valence-electron chi connectivity index (χ0n) is 13.6. The topological polar surface area (TPSA) is 68.0 Å². The molecule has 0 saturated heterocycles. The van der Waals surface area contributed by atoms with E-state index in [0.29, 0.717) is 36.1 Å². The van der Waals surface area contributed by atoms with Crippen LogP contribution in [0.5, 0.6) is 0 Å². The number of nitrogens with zero attached hydrogens (tertiary/aromatic N) is 2. The summed E-state index contributed by atoms with van der Waals surface area (Å²) >= 11 is 5.86. The Morgan fingerprint density at radius 1 is 1.04 bits per heavy atom. The fraction of sp³-hybridized carbons (Fsp3) is 0.211. The summed E-state index contributed by atoms with van der Waals surface area (Å²) in [5.41, 5.74) is 2.03. The first-order valence-corrected chi connectivity index (χ1v) is 8.47. The summed E-state index contributed by atoms with van der Waals surface area (Å²) < 4.78 is 5.20. The van der Waals surface area contributed by atoms with Gasteiger partial charge in [-0.2, -0.15) is 4.98 Å². The van der Waals surface area contributed by atoms with Gasteiger partial charge in [0.2, 0.25) is 17.6 Å². The lowest BCUT2D eigenvalue weighted by Gasteiger charge is -2.04. The maximum absolute atomic E-state index is 11.9. The molecule has 1 amide bonds.